The number of fused-ring (bicyclic) bond motifs is 1. The van der Waals surface area contributed by atoms with E-state index >= 15 is 0 Å². The van der Waals surface area contributed by atoms with Crippen molar-refractivity contribution in [3.63, 3.8) is 0 Å². The summed E-state index contributed by atoms with van der Waals surface area (Å²) in [5.74, 6) is 0. The Morgan fingerprint density at radius 2 is 1.50 bits per heavy atom. The fourth-order valence-corrected chi connectivity index (χ4v) is 17.2. The number of halogens is 5. The second-order valence-corrected chi connectivity index (χ2v) is 17.3. The third-order valence-electron chi connectivity index (χ3n) is 6.06. The number of benzene rings is 3. The van der Waals surface area contributed by atoms with Crippen LogP contribution in [0.25, 0.3) is 6.08 Å². The Morgan fingerprint density at radius 1 is 0.824 bits per heavy atom. The Morgan fingerprint density at radius 3 is 2.21 bits per heavy atom. The predicted octanol–water partition coefficient (Wildman–Crippen LogP) is 1.51. The van der Waals surface area contributed by atoms with E-state index in [1.807, 2.05) is 42.5 Å². The van der Waals surface area contributed by atoms with E-state index in [9.17, 15) is 13.2 Å². The Balaban J connectivity index is 0.00000162. The van der Waals surface area contributed by atoms with Gasteiger partial charge in [0.2, 0.25) is 0 Å². The summed E-state index contributed by atoms with van der Waals surface area (Å²) in [7, 11) is 0. The normalized spacial score (nSPS) is 16.3. The average Bonchev–Trinajstić information content (AvgIpc) is 3.48. The van der Waals surface area contributed by atoms with Gasteiger partial charge >= 0.3 is 194 Å². The zero-order valence-electron chi connectivity index (χ0n) is 18.1. The summed E-state index contributed by atoms with van der Waals surface area (Å²) >= 11 is -3.13. The molecule has 0 heterocycles. The molecule has 0 aliphatic heterocycles. The SMILES string of the molecule is FC(F)(F)c1ccccc1[C](c1ccccc1)=[Hf+2]([C]1=CC=CC1)[CH]1C=Cc2ccccc21.[Cl-].[Cl-]. The van der Waals surface area contributed by atoms with Crippen molar-refractivity contribution in [2.75, 3.05) is 0 Å². The Kier molecular flexibility index (Phi) is 8.72. The van der Waals surface area contributed by atoms with Crippen LogP contribution in [0.1, 0.15) is 37.9 Å². The van der Waals surface area contributed by atoms with Crippen molar-refractivity contribution in [3.05, 3.63) is 134 Å². The minimum Gasteiger partial charge on any atom is -1.00 e. The number of rotatable bonds is 4. The Bertz CT molecular complexity index is 1290. The summed E-state index contributed by atoms with van der Waals surface area (Å²) in [6.07, 6.45) is 7.16. The molecule has 5 rings (SSSR count). The molecule has 0 bridgehead atoms. The van der Waals surface area contributed by atoms with Crippen molar-refractivity contribution in [2.24, 2.45) is 0 Å². The van der Waals surface area contributed by atoms with Crippen LogP contribution >= 0.6 is 0 Å². The molecule has 6 heteroatoms. The maximum Gasteiger partial charge on any atom is -1.00 e. The molecule has 0 radical (unpaired) electrons. The van der Waals surface area contributed by atoms with Crippen LogP contribution in [0.4, 0.5) is 13.2 Å². The van der Waals surface area contributed by atoms with Crippen LogP contribution in [0.15, 0.2) is 106 Å². The van der Waals surface area contributed by atoms with E-state index in [1.165, 1.54) is 26.6 Å². The van der Waals surface area contributed by atoms with Crippen molar-refractivity contribution in [1.82, 2.24) is 0 Å². The van der Waals surface area contributed by atoms with Gasteiger partial charge in [0.1, 0.15) is 0 Å². The van der Waals surface area contributed by atoms with Gasteiger partial charge in [0.25, 0.3) is 0 Å². The summed E-state index contributed by atoms with van der Waals surface area (Å²) in [6.45, 7) is 0. The quantitative estimate of drug-likeness (QED) is 0.372. The first-order valence-electron chi connectivity index (χ1n) is 10.6. The minimum atomic E-state index is -4.40. The molecule has 1 atom stereocenters. The smallest absolute Gasteiger partial charge is 1.00 e. The fraction of sp³-hybridized carbons (Fsp3) is 0.107. The molecule has 172 valence electrons. The standard InChI is InChI=1S/C14H9F3.C9H7.C5H5.2ClH.Hf/c15-14(16,17)13-9-5-4-8-12(13)10-11-6-2-1-3-7-11;1-2-5-9-7-3-6-8(9)4-1;1-2-4-5-3-1;;;/h1-9H;1-7H;1-3H,4H2;2*1H;/q;;;;;+2/p-2. The molecular formula is C28H21Cl2F3Hf. The molecule has 3 aromatic rings. The first-order valence-corrected chi connectivity index (χ1v) is 16.3. The van der Waals surface area contributed by atoms with Gasteiger partial charge in [-0.3, -0.25) is 0 Å². The largest absolute Gasteiger partial charge is 1.00 e. The van der Waals surface area contributed by atoms with Crippen molar-refractivity contribution in [2.45, 2.75) is 16.3 Å². The van der Waals surface area contributed by atoms with E-state index in [4.69, 9.17) is 0 Å². The molecule has 0 amide bonds. The zero-order valence-corrected chi connectivity index (χ0v) is 23.2. The van der Waals surface area contributed by atoms with Gasteiger partial charge in [-0.2, -0.15) is 0 Å². The molecule has 0 nitrogen and oxygen atoms in total. The molecular weight excluding hydrogens is 643 g/mol. The van der Waals surface area contributed by atoms with Gasteiger partial charge in [0, 0.05) is 0 Å². The van der Waals surface area contributed by atoms with Crippen LogP contribution in [0.2, 0.25) is 0 Å². The molecule has 3 aromatic carbocycles. The second-order valence-electron chi connectivity index (χ2n) is 7.99. The number of hydrogen-bond donors (Lipinski definition) is 0. The van der Waals surface area contributed by atoms with Crippen molar-refractivity contribution >= 4 is 9.33 Å². The van der Waals surface area contributed by atoms with Gasteiger partial charge in [0.15, 0.2) is 0 Å². The van der Waals surface area contributed by atoms with E-state index in [2.05, 4.69) is 42.5 Å². The topological polar surface area (TPSA) is 0 Å². The molecule has 0 fully saturated rings. The molecule has 2 aliphatic rings. The van der Waals surface area contributed by atoms with Crippen LogP contribution in [0.5, 0.6) is 0 Å². The monoisotopic (exact) mass is 664 g/mol. The first-order chi connectivity index (χ1) is 15.5. The van der Waals surface area contributed by atoms with Gasteiger partial charge in [-0.15, -0.1) is 0 Å². The number of allylic oxidation sites excluding steroid dienone is 5. The van der Waals surface area contributed by atoms with Crippen LogP contribution in [-0.2, 0) is 27.1 Å². The Hall–Kier alpha value is -2.01. The van der Waals surface area contributed by atoms with Crippen molar-refractivity contribution in [3.8, 4) is 0 Å². The summed E-state index contributed by atoms with van der Waals surface area (Å²) in [5.41, 5.74) is 3.16. The fourth-order valence-electron chi connectivity index (χ4n) is 4.67. The minimum absolute atomic E-state index is 0. The van der Waals surface area contributed by atoms with Gasteiger partial charge in [-0.25, -0.2) is 0 Å². The van der Waals surface area contributed by atoms with Gasteiger partial charge in [-0.1, -0.05) is 0 Å². The van der Waals surface area contributed by atoms with E-state index in [-0.39, 0.29) is 28.5 Å². The second kappa shape index (κ2) is 11.2. The predicted molar refractivity (Wildman–Crippen MR) is 121 cm³/mol. The molecule has 1 unspecified atom stereocenters. The summed E-state index contributed by atoms with van der Waals surface area (Å²) in [4.78, 5) is 0. The molecule has 0 aromatic heterocycles. The van der Waals surface area contributed by atoms with E-state index in [0.717, 1.165) is 15.2 Å². The van der Waals surface area contributed by atoms with E-state index < -0.39 is 32.7 Å². The van der Waals surface area contributed by atoms with Crippen LogP contribution < -0.4 is 24.8 Å². The maximum absolute atomic E-state index is 14.2. The molecule has 0 saturated heterocycles. The third kappa shape index (κ3) is 5.15. The molecule has 0 saturated carbocycles. The molecule has 0 spiro atoms. The summed E-state index contributed by atoms with van der Waals surface area (Å²) in [6, 6.07) is 24.1. The van der Waals surface area contributed by atoms with Crippen LogP contribution in [0.3, 0.4) is 0 Å². The van der Waals surface area contributed by atoms with Crippen LogP contribution in [0, 0.1) is 0 Å². The number of hydrogen-bond acceptors (Lipinski definition) is 0. The third-order valence-corrected chi connectivity index (χ3v) is 17.9. The summed E-state index contributed by atoms with van der Waals surface area (Å²) < 4.78 is 44.9. The molecule has 0 N–H and O–H groups in total. The van der Waals surface area contributed by atoms with Crippen LogP contribution in [-0.4, -0.2) is 3.26 Å². The first kappa shape index (κ1) is 26.6. The molecule has 34 heavy (non-hydrogen) atoms. The van der Waals surface area contributed by atoms with Gasteiger partial charge < -0.3 is 24.8 Å². The van der Waals surface area contributed by atoms with Gasteiger partial charge in [-0.05, 0) is 0 Å². The van der Waals surface area contributed by atoms with E-state index in [0.29, 0.717) is 5.56 Å². The Labute approximate surface area is 217 Å². The van der Waals surface area contributed by atoms with Crippen molar-refractivity contribution in [1.29, 1.82) is 0 Å². The average molecular weight is 664 g/mol. The number of alkyl halides is 3. The zero-order chi connectivity index (χ0) is 22.1. The summed E-state index contributed by atoms with van der Waals surface area (Å²) in [5, 5.41) is 0. The molecule has 2 aliphatic carbocycles. The van der Waals surface area contributed by atoms with Gasteiger partial charge in [0.05, 0.1) is 0 Å². The maximum atomic E-state index is 14.2. The van der Waals surface area contributed by atoms with Crippen molar-refractivity contribution < 1.29 is 58.9 Å². The van der Waals surface area contributed by atoms with E-state index in [1.54, 1.807) is 12.1 Å².